The molecule has 4 N–H and O–H groups in total. The number of thiophene rings is 1. The molecule has 6 nitrogen and oxygen atoms in total. The summed E-state index contributed by atoms with van der Waals surface area (Å²) in [7, 11) is -3.32. The summed E-state index contributed by atoms with van der Waals surface area (Å²) >= 11 is 1.35. The van der Waals surface area contributed by atoms with Gasteiger partial charge in [0.1, 0.15) is 0 Å². The molecule has 2 rings (SSSR count). The van der Waals surface area contributed by atoms with Crippen LogP contribution in [0.5, 0.6) is 0 Å². The van der Waals surface area contributed by atoms with E-state index < -0.39 is 10.0 Å². The first kappa shape index (κ1) is 15.7. The molecule has 0 unspecified atom stereocenters. The van der Waals surface area contributed by atoms with Crippen molar-refractivity contribution in [3.05, 3.63) is 29.1 Å². The monoisotopic (exact) mass is 327 g/mol. The van der Waals surface area contributed by atoms with Gasteiger partial charge in [0.05, 0.1) is 10.6 Å². The van der Waals surface area contributed by atoms with Crippen molar-refractivity contribution in [2.45, 2.75) is 6.92 Å². The van der Waals surface area contributed by atoms with E-state index in [2.05, 4.69) is 10.0 Å². The van der Waals surface area contributed by atoms with Crippen LogP contribution in [-0.4, -0.2) is 33.2 Å². The van der Waals surface area contributed by atoms with Crippen LogP contribution in [0.4, 0.5) is 5.69 Å². The maximum Gasteiger partial charge on any atom is 0.261 e. The fourth-order valence-corrected chi connectivity index (χ4v) is 3.77. The number of carbonyl (C=O) groups is 1. The summed E-state index contributed by atoms with van der Waals surface area (Å²) in [5, 5.41) is 3.52. The van der Waals surface area contributed by atoms with Crippen LogP contribution in [0, 0.1) is 0 Å². The minimum atomic E-state index is -3.32. The molecule has 114 valence electrons. The number of hydrogen-bond acceptors (Lipinski definition) is 5. The first-order valence-electron chi connectivity index (χ1n) is 6.46. The lowest BCUT2D eigenvalue weighted by molar-refractivity contribution is 0.0960. The Labute approximate surface area is 127 Å². The van der Waals surface area contributed by atoms with Crippen LogP contribution in [0.2, 0.25) is 0 Å². The number of amides is 1. The van der Waals surface area contributed by atoms with Crippen molar-refractivity contribution in [2.75, 3.05) is 24.6 Å². The highest BCUT2D eigenvalue weighted by Gasteiger charge is 2.12. The van der Waals surface area contributed by atoms with Gasteiger partial charge >= 0.3 is 0 Å². The predicted molar refractivity (Wildman–Crippen MR) is 86.0 cm³/mol. The highest BCUT2D eigenvalue weighted by molar-refractivity contribution is 7.89. The molecule has 0 radical (unpaired) electrons. The second-order valence-electron chi connectivity index (χ2n) is 4.48. The molecule has 0 fully saturated rings. The van der Waals surface area contributed by atoms with Crippen molar-refractivity contribution in [2.24, 2.45) is 0 Å². The van der Waals surface area contributed by atoms with Gasteiger partial charge in [-0.25, -0.2) is 13.1 Å². The van der Waals surface area contributed by atoms with Gasteiger partial charge in [-0.3, -0.25) is 4.79 Å². The van der Waals surface area contributed by atoms with Crippen molar-refractivity contribution < 1.29 is 13.2 Å². The smallest absolute Gasteiger partial charge is 0.261 e. The number of nitrogen functional groups attached to an aromatic ring is 1. The Morgan fingerprint density at radius 3 is 2.81 bits per heavy atom. The van der Waals surface area contributed by atoms with Gasteiger partial charge in [0.2, 0.25) is 10.0 Å². The summed E-state index contributed by atoms with van der Waals surface area (Å²) in [5.41, 5.74) is 6.34. The average molecular weight is 327 g/mol. The van der Waals surface area contributed by atoms with E-state index >= 15 is 0 Å². The van der Waals surface area contributed by atoms with Crippen LogP contribution in [0.3, 0.4) is 0 Å². The van der Waals surface area contributed by atoms with Crippen LogP contribution < -0.4 is 15.8 Å². The number of anilines is 1. The fourth-order valence-electron chi connectivity index (χ4n) is 1.85. The van der Waals surface area contributed by atoms with E-state index in [0.29, 0.717) is 17.1 Å². The zero-order chi connectivity index (χ0) is 15.5. The van der Waals surface area contributed by atoms with Gasteiger partial charge in [-0.05, 0) is 29.7 Å². The number of carbonyl (C=O) groups excluding carboxylic acids is 1. The van der Waals surface area contributed by atoms with Crippen LogP contribution in [-0.2, 0) is 10.0 Å². The van der Waals surface area contributed by atoms with E-state index in [1.54, 1.807) is 25.1 Å². The predicted octanol–water partition coefficient (Wildman–Crippen LogP) is 1.15. The van der Waals surface area contributed by atoms with Crippen LogP contribution in [0.1, 0.15) is 16.6 Å². The van der Waals surface area contributed by atoms with Crippen molar-refractivity contribution in [1.29, 1.82) is 0 Å². The van der Waals surface area contributed by atoms with Gasteiger partial charge < -0.3 is 11.1 Å². The fraction of sp³-hybridized carbons (Fsp3) is 0.308. The minimum Gasteiger partial charge on any atom is -0.399 e. The highest BCUT2D eigenvalue weighted by Crippen LogP contribution is 2.27. The largest absolute Gasteiger partial charge is 0.399 e. The number of benzene rings is 1. The van der Waals surface area contributed by atoms with E-state index in [1.807, 2.05) is 6.07 Å². The van der Waals surface area contributed by atoms with Crippen molar-refractivity contribution in [3.63, 3.8) is 0 Å². The molecule has 1 heterocycles. The maximum absolute atomic E-state index is 12.0. The third kappa shape index (κ3) is 4.16. The molecule has 0 saturated carbocycles. The lowest BCUT2D eigenvalue weighted by Crippen LogP contribution is -2.34. The molecule has 21 heavy (non-hydrogen) atoms. The van der Waals surface area contributed by atoms with Crippen molar-refractivity contribution in [3.8, 4) is 0 Å². The van der Waals surface area contributed by atoms with Crippen molar-refractivity contribution in [1.82, 2.24) is 10.0 Å². The molecule has 0 aliphatic heterocycles. The second-order valence-corrected chi connectivity index (χ2v) is 7.49. The van der Waals surface area contributed by atoms with E-state index in [-0.39, 0.29) is 18.2 Å². The molecule has 0 spiro atoms. The van der Waals surface area contributed by atoms with E-state index in [9.17, 15) is 13.2 Å². The summed E-state index contributed by atoms with van der Waals surface area (Å²) in [6, 6.07) is 7.20. The van der Waals surface area contributed by atoms with Gasteiger partial charge in [-0.1, -0.05) is 6.92 Å². The Kier molecular flexibility index (Phi) is 4.81. The van der Waals surface area contributed by atoms with E-state index in [1.165, 1.54) is 11.3 Å². The number of fused-ring (bicyclic) bond motifs is 1. The van der Waals surface area contributed by atoms with E-state index in [0.717, 1.165) is 10.1 Å². The lowest BCUT2D eigenvalue weighted by atomic mass is 10.2. The number of rotatable bonds is 6. The van der Waals surface area contributed by atoms with Gasteiger partial charge in [-0.15, -0.1) is 11.3 Å². The molecule has 8 heteroatoms. The molecule has 1 aromatic carbocycles. The first-order valence-corrected chi connectivity index (χ1v) is 8.93. The third-order valence-electron chi connectivity index (χ3n) is 2.78. The molecule has 0 aliphatic rings. The Balaban J connectivity index is 1.99. The highest BCUT2D eigenvalue weighted by atomic mass is 32.2. The molecule has 0 bridgehead atoms. The summed E-state index contributed by atoms with van der Waals surface area (Å²) < 4.78 is 26.2. The quantitative estimate of drug-likeness (QED) is 0.693. The molecule has 2 aromatic rings. The van der Waals surface area contributed by atoms with Crippen molar-refractivity contribution >= 4 is 43.0 Å². The molecule has 1 amide bonds. The number of hydrogen-bond donors (Lipinski definition) is 3. The van der Waals surface area contributed by atoms with Gasteiger partial charge in [0.25, 0.3) is 5.91 Å². The van der Waals surface area contributed by atoms with Gasteiger partial charge in [0, 0.05) is 23.5 Å². The number of nitrogens with two attached hydrogens (primary N) is 1. The zero-order valence-corrected chi connectivity index (χ0v) is 13.2. The molecule has 0 atom stereocenters. The maximum atomic E-state index is 12.0. The molecule has 0 aliphatic carbocycles. The van der Waals surface area contributed by atoms with E-state index in [4.69, 9.17) is 5.73 Å². The summed E-state index contributed by atoms with van der Waals surface area (Å²) in [5.74, 6) is -0.411. The normalized spacial score (nSPS) is 11.7. The average Bonchev–Trinajstić information content (AvgIpc) is 2.81. The van der Waals surface area contributed by atoms with Crippen LogP contribution in [0.15, 0.2) is 24.3 Å². The Bertz CT molecular complexity index is 753. The standard InChI is InChI=1S/C13H17N3O3S2/c1-2-16-21(18,19)6-5-15-13(17)12-8-9-7-10(14)3-4-11(9)20-12/h3-4,7-8,16H,2,5-6,14H2,1H3,(H,15,17). The zero-order valence-electron chi connectivity index (χ0n) is 11.5. The topological polar surface area (TPSA) is 101 Å². The Morgan fingerprint density at radius 1 is 1.33 bits per heavy atom. The van der Waals surface area contributed by atoms with Crippen LogP contribution in [0.25, 0.3) is 10.1 Å². The summed E-state index contributed by atoms with van der Waals surface area (Å²) in [6.45, 7) is 2.12. The molecular formula is C13H17N3O3S2. The van der Waals surface area contributed by atoms with Gasteiger partial charge in [-0.2, -0.15) is 0 Å². The van der Waals surface area contributed by atoms with Gasteiger partial charge in [0.15, 0.2) is 0 Å². The first-order chi connectivity index (χ1) is 9.91. The second kappa shape index (κ2) is 6.42. The third-order valence-corrected chi connectivity index (χ3v) is 5.37. The molecule has 1 aromatic heterocycles. The summed E-state index contributed by atoms with van der Waals surface area (Å²) in [6.07, 6.45) is 0. The lowest BCUT2D eigenvalue weighted by Gasteiger charge is -2.05. The Hall–Kier alpha value is -1.64. The molecule has 0 saturated heterocycles. The SMILES string of the molecule is CCNS(=O)(=O)CCNC(=O)c1cc2cc(N)ccc2s1. The summed E-state index contributed by atoms with van der Waals surface area (Å²) in [4.78, 5) is 12.5. The number of nitrogens with one attached hydrogen (secondary N) is 2. The molecular weight excluding hydrogens is 310 g/mol. The minimum absolute atomic E-state index is 0.0740. The number of sulfonamides is 1. The Morgan fingerprint density at radius 2 is 2.10 bits per heavy atom. The van der Waals surface area contributed by atoms with Crippen LogP contribution >= 0.6 is 11.3 Å².